The van der Waals surface area contributed by atoms with Gasteiger partial charge in [-0.2, -0.15) is 0 Å². The highest BCUT2D eigenvalue weighted by Crippen LogP contribution is 2.08. The molecule has 4 N–H and O–H groups in total. The van der Waals surface area contributed by atoms with Crippen LogP contribution in [0.25, 0.3) is 0 Å². The smallest absolute Gasteiger partial charge is 0.246 e. The van der Waals surface area contributed by atoms with E-state index in [2.05, 4.69) is 15.6 Å². The zero-order chi connectivity index (χ0) is 14.5. The summed E-state index contributed by atoms with van der Waals surface area (Å²) in [4.78, 5) is 15.5. The van der Waals surface area contributed by atoms with Gasteiger partial charge in [-0.3, -0.25) is 4.79 Å². The molecule has 0 saturated carbocycles. The van der Waals surface area contributed by atoms with E-state index >= 15 is 0 Å². The minimum atomic E-state index is -0.407. The Morgan fingerprint density at radius 1 is 1.40 bits per heavy atom. The van der Waals surface area contributed by atoms with Gasteiger partial charge in [-0.15, -0.1) is 24.0 Å². The standard InChI is InChI=1S/C13H19FN4O.HI/c1-13(2,3)18-12(15)16-8-11(19)17-10-6-4-5-9(14)7-10;/h4-7H,8H2,1-3H3,(H,17,19)(H3,15,16,18);1H. The summed E-state index contributed by atoms with van der Waals surface area (Å²) in [5, 5.41) is 5.47. The molecule has 0 spiro atoms. The van der Waals surface area contributed by atoms with E-state index in [0.717, 1.165) is 0 Å². The molecule has 0 fully saturated rings. The predicted molar refractivity (Wildman–Crippen MR) is 89.8 cm³/mol. The fraction of sp³-hybridized carbons (Fsp3) is 0.385. The Morgan fingerprint density at radius 2 is 2.05 bits per heavy atom. The maximum absolute atomic E-state index is 12.9. The molecule has 1 aromatic carbocycles. The number of hydrogen-bond donors (Lipinski definition) is 3. The number of benzene rings is 1. The van der Waals surface area contributed by atoms with Crippen molar-refractivity contribution in [2.45, 2.75) is 26.3 Å². The lowest BCUT2D eigenvalue weighted by atomic mass is 10.1. The number of nitrogens with one attached hydrogen (secondary N) is 2. The number of carbonyl (C=O) groups excluding carboxylic acids is 1. The molecule has 0 aliphatic rings. The molecule has 7 heteroatoms. The molecule has 0 atom stereocenters. The molecule has 0 bridgehead atoms. The highest BCUT2D eigenvalue weighted by Gasteiger charge is 2.10. The average Bonchev–Trinajstić information content (AvgIpc) is 2.24. The van der Waals surface area contributed by atoms with E-state index < -0.39 is 5.82 Å². The van der Waals surface area contributed by atoms with Crippen LogP contribution in [0, 0.1) is 5.82 Å². The van der Waals surface area contributed by atoms with Crippen molar-refractivity contribution in [1.82, 2.24) is 5.32 Å². The number of rotatable bonds is 3. The lowest BCUT2D eigenvalue weighted by Gasteiger charge is -2.20. The summed E-state index contributed by atoms with van der Waals surface area (Å²) < 4.78 is 12.9. The van der Waals surface area contributed by atoms with E-state index in [9.17, 15) is 9.18 Å². The van der Waals surface area contributed by atoms with Crippen LogP contribution in [0.4, 0.5) is 10.1 Å². The Hall–Kier alpha value is -1.38. The maximum atomic E-state index is 12.9. The third-order valence-corrected chi connectivity index (χ3v) is 2.00. The molecule has 1 amide bonds. The Labute approximate surface area is 135 Å². The summed E-state index contributed by atoms with van der Waals surface area (Å²) in [6.07, 6.45) is 0. The van der Waals surface area contributed by atoms with Crippen molar-refractivity contribution in [1.29, 1.82) is 0 Å². The number of nitrogens with two attached hydrogens (primary N) is 1. The van der Waals surface area contributed by atoms with E-state index in [-0.39, 0.29) is 47.9 Å². The first-order valence-corrected chi connectivity index (χ1v) is 5.90. The summed E-state index contributed by atoms with van der Waals surface area (Å²) >= 11 is 0. The number of halogens is 2. The molecule has 0 aliphatic carbocycles. The van der Waals surface area contributed by atoms with Crippen LogP contribution in [0.5, 0.6) is 0 Å². The minimum absolute atomic E-state index is 0. The largest absolute Gasteiger partial charge is 0.370 e. The van der Waals surface area contributed by atoms with Crippen LogP contribution in [-0.2, 0) is 4.79 Å². The van der Waals surface area contributed by atoms with Crippen molar-refractivity contribution in [3.8, 4) is 0 Å². The van der Waals surface area contributed by atoms with E-state index in [1.807, 2.05) is 20.8 Å². The minimum Gasteiger partial charge on any atom is -0.370 e. The summed E-state index contributed by atoms with van der Waals surface area (Å²) in [5.74, 6) is -0.568. The second kappa shape index (κ2) is 8.03. The lowest BCUT2D eigenvalue weighted by molar-refractivity contribution is -0.114. The van der Waals surface area contributed by atoms with Crippen molar-refractivity contribution in [3.63, 3.8) is 0 Å². The molecule has 112 valence electrons. The predicted octanol–water partition coefficient (Wildman–Crippen LogP) is 2.09. The number of guanidine groups is 1. The van der Waals surface area contributed by atoms with Crippen LogP contribution in [-0.4, -0.2) is 24.0 Å². The average molecular weight is 394 g/mol. The number of carbonyl (C=O) groups is 1. The van der Waals surface area contributed by atoms with Crippen molar-refractivity contribution in [2.75, 3.05) is 11.9 Å². The van der Waals surface area contributed by atoms with Crippen molar-refractivity contribution in [3.05, 3.63) is 30.1 Å². The van der Waals surface area contributed by atoms with Gasteiger partial charge in [-0.1, -0.05) is 6.07 Å². The second-order valence-electron chi connectivity index (χ2n) is 5.13. The van der Waals surface area contributed by atoms with Gasteiger partial charge in [0.25, 0.3) is 0 Å². The summed E-state index contributed by atoms with van der Waals surface area (Å²) in [6.45, 7) is 5.68. The van der Waals surface area contributed by atoms with Gasteiger partial charge in [0.05, 0.1) is 0 Å². The quantitative estimate of drug-likeness (QED) is 0.417. The van der Waals surface area contributed by atoms with E-state index in [1.54, 1.807) is 6.07 Å². The molecule has 0 heterocycles. The fourth-order valence-corrected chi connectivity index (χ4v) is 1.35. The molecule has 1 rings (SSSR count). The molecule has 0 saturated heterocycles. The molecule has 20 heavy (non-hydrogen) atoms. The van der Waals surface area contributed by atoms with Gasteiger partial charge in [-0.05, 0) is 39.0 Å². The van der Waals surface area contributed by atoms with Crippen LogP contribution in [0.3, 0.4) is 0 Å². The number of anilines is 1. The van der Waals surface area contributed by atoms with Gasteiger partial charge >= 0.3 is 0 Å². The van der Waals surface area contributed by atoms with Crippen LogP contribution in [0.2, 0.25) is 0 Å². The highest BCUT2D eigenvalue weighted by molar-refractivity contribution is 14.0. The first kappa shape index (κ1) is 18.6. The van der Waals surface area contributed by atoms with E-state index in [1.165, 1.54) is 18.2 Å². The van der Waals surface area contributed by atoms with Gasteiger partial charge in [0, 0.05) is 11.2 Å². The molecule has 0 aliphatic heterocycles. The summed E-state index contributed by atoms with van der Waals surface area (Å²) in [7, 11) is 0. The third kappa shape index (κ3) is 7.93. The van der Waals surface area contributed by atoms with E-state index in [0.29, 0.717) is 5.69 Å². The molecule has 0 aromatic heterocycles. The lowest BCUT2D eigenvalue weighted by Crippen LogP contribution is -2.45. The van der Waals surface area contributed by atoms with Crippen LogP contribution < -0.4 is 16.4 Å². The van der Waals surface area contributed by atoms with Gasteiger partial charge < -0.3 is 16.4 Å². The summed E-state index contributed by atoms with van der Waals surface area (Å²) in [6, 6.07) is 5.66. The third-order valence-electron chi connectivity index (χ3n) is 2.00. The SMILES string of the molecule is CC(C)(C)NC(N)=NCC(=O)Nc1cccc(F)c1.I. The highest BCUT2D eigenvalue weighted by atomic mass is 127. The number of aliphatic imine (C=N–C) groups is 1. The van der Waals surface area contributed by atoms with Crippen molar-refractivity contribution >= 4 is 41.5 Å². The zero-order valence-corrected chi connectivity index (χ0v) is 14.1. The zero-order valence-electron chi connectivity index (χ0n) is 11.7. The number of hydrogen-bond acceptors (Lipinski definition) is 2. The van der Waals surface area contributed by atoms with E-state index in [4.69, 9.17) is 5.73 Å². The second-order valence-corrected chi connectivity index (χ2v) is 5.13. The van der Waals surface area contributed by atoms with Crippen LogP contribution >= 0.6 is 24.0 Å². The van der Waals surface area contributed by atoms with Crippen molar-refractivity contribution in [2.24, 2.45) is 10.7 Å². The van der Waals surface area contributed by atoms with Gasteiger partial charge in [0.1, 0.15) is 12.4 Å². The van der Waals surface area contributed by atoms with Crippen molar-refractivity contribution < 1.29 is 9.18 Å². The Bertz CT molecular complexity index is 486. The molecular formula is C13H20FIN4O. The molecular weight excluding hydrogens is 374 g/mol. The fourth-order valence-electron chi connectivity index (χ4n) is 1.35. The molecule has 5 nitrogen and oxygen atoms in total. The Kier molecular flexibility index (Phi) is 7.48. The molecule has 1 aromatic rings. The molecule has 0 radical (unpaired) electrons. The normalized spacial score (nSPS) is 11.5. The van der Waals surface area contributed by atoms with Crippen LogP contribution in [0.15, 0.2) is 29.3 Å². The Balaban J connectivity index is 0.00000361. The Morgan fingerprint density at radius 3 is 2.60 bits per heavy atom. The monoisotopic (exact) mass is 394 g/mol. The number of amides is 1. The topological polar surface area (TPSA) is 79.5 Å². The van der Waals surface area contributed by atoms with Crippen LogP contribution in [0.1, 0.15) is 20.8 Å². The van der Waals surface area contributed by atoms with Gasteiger partial charge in [0.15, 0.2) is 5.96 Å². The first-order chi connectivity index (χ1) is 8.76. The first-order valence-electron chi connectivity index (χ1n) is 5.90. The summed E-state index contributed by atoms with van der Waals surface area (Å²) in [5.41, 5.74) is 5.80. The van der Waals surface area contributed by atoms with Gasteiger partial charge in [0.2, 0.25) is 5.91 Å². The number of nitrogens with zero attached hydrogens (tertiary/aromatic N) is 1. The molecule has 0 unspecified atom stereocenters. The van der Waals surface area contributed by atoms with Gasteiger partial charge in [-0.25, -0.2) is 9.38 Å². The maximum Gasteiger partial charge on any atom is 0.246 e.